The van der Waals surface area contributed by atoms with Gasteiger partial charge in [-0.2, -0.15) is 0 Å². The summed E-state index contributed by atoms with van der Waals surface area (Å²) in [6.07, 6.45) is 8.26. The zero-order chi connectivity index (χ0) is 21.6. The first kappa shape index (κ1) is 22.8. The van der Waals surface area contributed by atoms with E-state index >= 15 is 0 Å². The number of esters is 1. The molecule has 8 heteroatoms. The number of ether oxygens (including phenoxy) is 1. The zero-order valence-corrected chi connectivity index (χ0v) is 22.2. The van der Waals surface area contributed by atoms with Gasteiger partial charge in [-0.15, -0.1) is 0 Å². The van der Waals surface area contributed by atoms with E-state index in [1.807, 2.05) is 0 Å². The predicted molar refractivity (Wildman–Crippen MR) is 109 cm³/mol. The van der Waals surface area contributed by atoms with Crippen molar-refractivity contribution in [3.8, 4) is 0 Å². The van der Waals surface area contributed by atoms with E-state index in [1.54, 1.807) is 0 Å². The van der Waals surface area contributed by atoms with Crippen molar-refractivity contribution in [1.82, 2.24) is 0 Å². The molecule has 0 aromatic rings. The Hall–Kier alpha value is 0.340. The summed E-state index contributed by atoms with van der Waals surface area (Å²) in [7, 11) is -4.64. The van der Waals surface area contributed by atoms with Crippen molar-refractivity contribution < 1.29 is 56.2 Å². The SMILES string of the molecule is C[C@]12CCC(OS(=O)(=O)[O-])CC1[C@@H]1C[C@@H]1[C@H]1[C@@H]3[C@@H]4C[C@@H]4[C@@]4(CCC(=O)O4)[C@@]3(C)CC[C@@H]12.[Na+]. The molecule has 1 saturated heterocycles. The number of carbonyl (C=O) groups excluding carboxylic acids is 1. The Labute approximate surface area is 213 Å². The predicted octanol–water partition coefficient (Wildman–Crippen LogP) is 0.666. The molecule has 0 aromatic carbocycles. The summed E-state index contributed by atoms with van der Waals surface area (Å²) in [6, 6.07) is 0. The summed E-state index contributed by atoms with van der Waals surface area (Å²) in [5.41, 5.74) is 0.143. The minimum atomic E-state index is -4.64. The van der Waals surface area contributed by atoms with E-state index in [0.29, 0.717) is 42.4 Å². The monoisotopic (exact) mass is 472 g/mol. The third-order valence-electron chi connectivity index (χ3n) is 11.8. The molecule has 7 fully saturated rings. The first-order chi connectivity index (χ1) is 14.6. The Bertz CT molecular complexity index is 970. The Morgan fingerprint density at radius 2 is 1.75 bits per heavy atom. The number of fused-ring (bicyclic) bond motifs is 12. The van der Waals surface area contributed by atoms with Crippen LogP contribution in [0.1, 0.15) is 71.6 Å². The Kier molecular flexibility index (Phi) is 4.81. The summed E-state index contributed by atoms with van der Waals surface area (Å²) in [6.45, 7) is 4.91. The van der Waals surface area contributed by atoms with Gasteiger partial charge in [0, 0.05) is 17.8 Å². The maximum Gasteiger partial charge on any atom is 1.00 e. The van der Waals surface area contributed by atoms with Gasteiger partial charge in [-0.3, -0.25) is 8.98 Å². The first-order valence-corrected chi connectivity index (χ1v) is 13.8. The molecule has 6 nitrogen and oxygen atoms in total. The number of hydrogen-bond donors (Lipinski definition) is 0. The van der Waals surface area contributed by atoms with E-state index < -0.39 is 16.5 Å². The summed E-state index contributed by atoms with van der Waals surface area (Å²) in [5, 5.41) is 0. The van der Waals surface area contributed by atoms with Crippen LogP contribution in [-0.4, -0.2) is 30.6 Å². The average molecular weight is 473 g/mol. The van der Waals surface area contributed by atoms with E-state index in [-0.39, 0.29) is 52.0 Å². The van der Waals surface area contributed by atoms with E-state index in [0.717, 1.165) is 43.4 Å². The molecule has 12 atom stereocenters. The van der Waals surface area contributed by atoms with Crippen LogP contribution >= 0.6 is 0 Å². The van der Waals surface area contributed by atoms with Crippen LogP contribution in [-0.2, 0) is 24.1 Å². The second kappa shape index (κ2) is 6.76. The average Bonchev–Trinajstić information content (AvgIpc) is 3.58. The molecule has 0 bridgehead atoms. The summed E-state index contributed by atoms with van der Waals surface area (Å²) in [5.74, 6) is 5.23. The molecule has 0 radical (unpaired) electrons. The van der Waals surface area contributed by atoms with Crippen LogP contribution in [0, 0.1) is 58.2 Å². The summed E-state index contributed by atoms with van der Waals surface area (Å²) in [4.78, 5) is 12.2. The van der Waals surface area contributed by atoms with Crippen molar-refractivity contribution >= 4 is 16.4 Å². The second-order valence-electron chi connectivity index (χ2n) is 12.6. The molecule has 0 aromatic heterocycles. The van der Waals surface area contributed by atoms with Crippen molar-refractivity contribution in [2.75, 3.05) is 0 Å². The van der Waals surface area contributed by atoms with E-state index in [4.69, 9.17) is 8.92 Å². The van der Waals surface area contributed by atoms with Crippen molar-refractivity contribution in [2.24, 2.45) is 58.2 Å². The third-order valence-corrected chi connectivity index (χ3v) is 12.3. The normalized spacial score (nSPS) is 59.1. The van der Waals surface area contributed by atoms with Crippen molar-refractivity contribution in [2.45, 2.75) is 83.3 Å². The van der Waals surface area contributed by atoms with Gasteiger partial charge in [0.05, 0.1) is 6.10 Å². The first-order valence-electron chi connectivity index (χ1n) is 12.4. The van der Waals surface area contributed by atoms with Gasteiger partial charge in [0.25, 0.3) is 0 Å². The Balaban J connectivity index is 0.00000196. The molecule has 6 saturated carbocycles. The van der Waals surface area contributed by atoms with Crippen LogP contribution in [0.5, 0.6) is 0 Å². The number of carbonyl (C=O) groups is 1. The molecular weight excluding hydrogens is 439 g/mol. The van der Waals surface area contributed by atoms with Crippen molar-refractivity contribution in [3.05, 3.63) is 0 Å². The summed E-state index contributed by atoms with van der Waals surface area (Å²) >= 11 is 0. The zero-order valence-electron chi connectivity index (χ0n) is 19.4. The molecule has 1 spiro atoms. The molecule has 0 amide bonds. The van der Waals surface area contributed by atoms with E-state index in [1.165, 1.54) is 19.3 Å². The van der Waals surface area contributed by atoms with Gasteiger partial charge in [0.1, 0.15) is 5.60 Å². The van der Waals surface area contributed by atoms with Gasteiger partial charge < -0.3 is 9.29 Å². The van der Waals surface area contributed by atoms with Crippen LogP contribution in [0.2, 0.25) is 0 Å². The van der Waals surface area contributed by atoms with Crippen molar-refractivity contribution in [3.63, 3.8) is 0 Å². The molecule has 2 unspecified atom stereocenters. The smallest absolute Gasteiger partial charge is 0.726 e. The van der Waals surface area contributed by atoms with Crippen LogP contribution in [0.3, 0.4) is 0 Å². The fourth-order valence-corrected chi connectivity index (χ4v) is 11.3. The van der Waals surface area contributed by atoms with E-state index in [9.17, 15) is 17.8 Å². The molecule has 1 aliphatic heterocycles. The molecule has 0 N–H and O–H groups in total. The molecule has 32 heavy (non-hydrogen) atoms. The maximum absolute atomic E-state index is 12.2. The molecule has 1 heterocycles. The molecule has 7 aliphatic rings. The fraction of sp³-hybridized carbons (Fsp3) is 0.958. The van der Waals surface area contributed by atoms with Gasteiger partial charge >= 0.3 is 35.5 Å². The molecule has 7 rings (SSSR count). The van der Waals surface area contributed by atoms with Crippen LogP contribution in [0.25, 0.3) is 0 Å². The minimum Gasteiger partial charge on any atom is -0.726 e. The fourth-order valence-electron chi connectivity index (χ4n) is 10.7. The Morgan fingerprint density at radius 1 is 0.969 bits per heavy atom. The largest absolute Gasteiger partial charge is 1.00 e. The second-order valence-corrected chi connectivity index (χ2v) is 13.6. The van der Waals surface area contributed by atoms with Crippen molar-refractivity contribution in [1.29, 1.82) is 0 Å². The molecular formula is C24H33NaO6S. The van der Waals surface area contributed by atoms with Crippen LogP contribution in [0.15, 0.2) is 0 Å². The summed E-state index contributed by atoms with van der Waals surface area (Å²) < 4.78 is 44.7. The van der Waals surface area contributed by atoms with Gasteiger partial charge in [0.15, 0.2) is 0 Å². The third kappa shape index (κ3) is 2.76. The Morgan fingerprint density at radius 3 is 2.44 bits per heavy atom. The maximum atomic E-state index is 12.2. The van der Waals surface area contributed by atoms with E-state index in [2.05, 4.69) is 13.8 Å². The van der Waals surface area contributed by atoms with Gasteiger partial charge in [-0.25, -0.2) is 8.42 Å². The van der Waals surface area contributed by atoms with Gasteiger partial charge in [-0.05, 0) is 98.2 Å². The number of hydrogen-bond acceptors (Lipinski definition) is 6. The minimum absolute atomic E-state index is 0. The standard InChI is InChI=1S/C24H34O6S.Na/c1-22-6-3-12(30-31(26,27)28)9-17(22)13-10-14(13)20-16(22)4-7-23(2)21(20)15-11-18(15)24(23)8-5-19(25)29-24;/h12-18,20-21H,3-11H2,1-2H3,(H,26,27,28);/q;+1/p-1/t12?,13-,14+,15-,16+,17?,18+,20-,21+,22-,23+,24+;/m1./s1. The van der Waals surface area contributed by atoms with Crippen LogP contribution < -0.4 is 29.6 Å². The van der Waals surface area contributed by atoms with Gasteiger partial charge in [-0.1, -0.05) is 13.8 Å². The topological polar surface area (TPSA) is 92.7 Å². The molecule has 6 aliphatic carbocycles. The molecule has 172 valence electrons. The van der Waals surface area contributed by atoms with Crippen LogP contribution in [0.4, 0.5) is 0 Å². The quantitative estimate of drug-likeness (QED) is 0.254. The van der Waals surface area contributed by atoms with Gasteiger partial charge in [0.2, 0.25) is 10.4 Å². The number of rotatable bonds is 2.